The topological polar surface area (TPSA) is 21.3 Å². The third-order valence-corrected chi connectivity index (χ3v) is 3.70. The van der Waals surface area contributed by atoms with Crippen molar-refractivity contribution in [2.24, 2.45) is 0 Å². The van der Waals surface area contributed by atoms with Gasteiger partial charge in [-0.25, -0.2) is 4.39 Å². The van der Waals surface area contributed by atoms with E-state index in [4.69, 9.17) is 16.3 Å². The van der Waals surface area contributed by atoms with Gasteiger partial charge in [-0.2, -0.15) is 0 Å². The quantitative estimate of drug-likeness (QED) is 0.915. The van der Waals surface area contributed by atoms with Crippen molar-refractivity contribution >= 4 is 17.3 Å². The summed E-state index contributed by atoms with van der Waals surface area (Å²) in [7, 11) is 0. The number of aryl methyl sites for hydroxylation is 1. The van der Waals surface area contributed by atoms with Crippen LogP contribution >= 0.6 is 11.6 Å². The van der Waals surface area contributed by atoms with Gasteiger partial charge in [0.15, 0.2) is 0 Å². The van der Waals surface area contributed by atoms with Crippen molar-refractivity contribution in [3.63, 3.8) is 0 Å². The van der Waals surface area contributed by atoms with E-state index in [2.05, 4.69) is 5.32 Å². The molecule has 0 saturated carbocycles. The molecule has 1 aliphatic heterocycles. The summed E-state index contributed by atoms with van der Waals surface area (Å²) in [5.41, 5.74) is 2.54. The summed E-state index contributed by atoms with van der Waals surface area (Å²) in [5.74, 6) is 0.689. The first-order valence-electron chi connectivity index (χ1n) is 6.57. The Morgan fingerprint density at radius 3 is 2.95 bits per heavy atom. The smallest absolute Gasteiger partial charge is 0.128 e. The van der Waals surface area contributed by atoms with E-state index in [0.29, 0.717) is 12.1 Å². The average molecular weight is 292 g/mol. The number of rotatable bonds is 3. The maximum atomic E-state index is 13.5. The van der Waals surface area contributed by atoms with Gasteiger partial charge in [0.05, 0.1) is 6.54 Å². The number of benzene rings is 2. The van der Waals surface area contributed by atoms with Crippen LogP contribution in [0.15, 0.2) is 36.4 Å². The minimum atomic E-state index is -0.197. The second kappa shape index (κ2) is 5.33. The Balaban J connectivity index is 1.62. The lowest BCUT2D eigenvalue weighted by Crippen LogP contribution is -2.24. The van der Waals surface area contributed by atoms with Crippen LogP contribution in [0, 0.1) is 12.7 Å². The van der Waals surface area contributed by atoms with Gasteiger partial charge in [-0.3, -0.25) is 0 Å². The third kappa shape index (κ3) is 2.73. The van der Waals surface area contributed by atoms with E-state index in [0.717, 1.165) is 28.4 Å². The Morgan fingerprint density at radius 1 is 1.30 bits per heavy atom. The van der Waals surface area contributed by atoms with Crippen LogP contribution in [0.5, 0.6) is 5.75 Å². The molecule has 2 nitrogen and oxygen atoms in total. The Hall–Kier alpha value is -1.74. The highest BCUT2D eigenvalue weighted by atomic mass is 35.5. The van der Waals surface area contributed by atoms with Crippen molar-refractivity contribution in [1.82, 2.24) is 0 Å². The SMILES string of the molecule is Cc1ccc(NCC2Cc3cc(Cl)ccc3O2)cc1F. The Labute approximate surface area is 122 Å². The lowest BCUT2D eigenvalue weighted by Gasteiger charge is -2.13. The maximum absolute atomic E-state index is 13.5. The fourth-order valence-corrected chi connectivity index (χ4v) is 2.53. The van der Waals surface area contributed by atoms with E-state index >= 15 is 0 Å². The van der Waals surface area contributed by atoms with Gasteiger partial charge in [0.1, 0.15) is 17.7 Å². The van der Waals surface area contributed by atoms with E-state index in [9.17, 15) is 4.39 Å². The lowest BCUT2D eigenvalue weighted by molar-refractivity contribution is 0.246. The average Bonchev–Trinajstić information content (AvgIpc) is 2.82. The van der Waals surface area contributed by atoms with Gasteiger partial charge in [0.25, 0.3) is 0 Å². The fraction of sp³-hybridized carbons (Fsp3) is 0.250. The standard InChI is InChI=1S/C16H15ClFNO/c1-10-2-4-13(8-15(10)18)19-9-14-7-11-6-12(17)3-5-16(11)20-14/h2-6,8,14,19H,7,9H2,1H3. The highest BCUT2D eigenvalue weighted by Crippen LogP contribution is 2.31. The molecule has 1 unspecified atom stereocenters. The molecule has 0 bridgehead atoms. The molecular weight excluding hydrogens is 277 g/mol. The first-order valence-corrected chi connectivity index (χ1v) is 6.95. The number of halogens is 2. The molecule has 1 N–H and O–H groups in total. The molecule has 4 heteroatoms. The summed E-state index contributed by atoms with van der Waals surface area (Å²) in [4.78, 5) is 0. The predicted molar refractivity (Wildman–Crippen MR) is 79.2 cm³/mol. The Bertz CT molecular complexity index is 644. The molecule has 2 aromatic carbocycles. The van der Waals surface area contributed by atoms with Crippen LogP contribution in [-0.2, 0) is 6.42 Å². The van der Waals surface area contributed by atoms with Gasteiger partial charge in [-0.15, -0.1) is 0 Å². The van der Waals surface area contributed by atoms with Gasteiger partial charge in [-0.1, -0.05) is 17.7 Å². The maximum Gasteiger partial charge on any atom is 0.128 e. The molecule has 2 aromatic rings. The number of nitrogens with one attached hydrogen (secondary N) is 1. The molecule has 104 valence electrons. The second-order valence-electron chi connectivity index (χ2n) is 5.04. The van der Waals surface area contributed by atoms with Crippen LogP contribution in [0.25, 0.3) is 0 Å². The van der Waals surface area contributed by atoms with E-state index in [1.807, 2.05) is 24.3 Å². The van der Waals surface area contributed by atoms with Crippen LogP contribution in [0.1, 0.15) is 11.1 Å². The zero-order valence-electron chi connectivity index (χ0n) is 11.1. The number of hydrogen-bond donors (Lipinski definition) is 1. The summed E-state index contributed by atoms with van der Waals surface area (Å²) in [6.07, 6.45) is 0.866. The van der Waals surface area contributed by atoms with Crippen molar-refractivity contribution in [1.29, 1.82) is 0 Å². The number of ether oxygens (including phenoxy) is 1. The summed E-state index contributed by atoms with van der Waals surface area (Å²) >= 11 is 5.96. The fourth-order valence-electron chi connectivity index (χ4n) is 2.34. The molecule has 0 saturated heterocycles. The summed E-state index contributed by atoms with van der Waals surface area (Å²) < 4.78 is 19.3. The zero-order valence-corrected chi connectivity index (χ0v) is 11.9. The Kier molecular flexibility index (Phi) is 3.53. The number of fused-ring (bicyclic) bond motifs is 1. The molecule has 0 aliphatic carbocycles. The lowest BCUT2D eigenvalue weighted by atomic mass is 10.1. The van der Waals surface area contributed by atoms with Crippen molar-refractivity contribution in [2.75, 3.05) is 11.9 Å². The van der Waals surface area contributed by atoms with Crippen LogP contribution in [0.3, 0.4) is 0 Å². The largest absolute Gasteiger partial charge is 0.488 e. The summed E-state index contributed by atoms with van der Waals surface area (Å²) in [6.45, 7) is 2.38. The van der Waals surface area contributed by atoms with Crippen molar-refractivity contribution in [3.05, 3.63) is 58.4 Å². The second-order valence-corrected chi connectivity index (χ2v) is 5.48. The molecule has 1 heterocycles. The van der Waals surface area contributed by atoms with Gasteiger partial charge in [0, 0.05) is 17.1 Å². The first-order chi connectivity index (χ1) is 9.61. The van der Waals surface area contributed by atoms with Gasteiger partial charge in [-0.05, 0) is 48.4 Å². The molecule has 1 atom stereocenters. The van der Waals surface area contributed by atoms with Crippen molar-refractivity contribution < 1.29 is 9.13 Å². The molecule has 0 radical (unpaired) electrons. The highest BCUT2D eigenvalue weighted by Gasteiger charge is 2.22. The zero-order chi connectivity index (χ0) is 14.1. The van der Waals surface area contributed by atoms with Crippen molar-refractivity contribution in [3.8, 4) is 5.75 Å². The van der Waals surface area contributed by atoms with Gasteiger partial charge < -0.3 is 10.1 Å². The van der Waals surface area contributed by atoms with E-state index in [1.54, 1.807) is 13.0 Å². The summed E-state index contributed by atoms with van der Waals surface area (Å²) in [5, 5.41) is 3.93. The molecule has 0 amide bonds. The monoisotopic (exact) mass is 291 g/mol. The van der Waals surface area contributed by atoms with Gasteiger partial charge >= 0.3 is 0 Å². The molecule has 3 rings (SSSR count). The third-order valence-electron chi connectivity index (χ3n) is 3.47. The minimum Gasteiger partial charge on any atom is -0.488 e. The van der Waals surface area contributed by atoms with Crippen LogP contribution < -0.4 is 10.1 Å². The predicted octanol–water partition coefficient (Wildman–Crippen LogP) is 4.20. The Morgan fingerprint density at radius 2 is 2.15 bits per heavy atom. The summed E-state index contributed by atoms with van der Waals surface area (Å²) in [6, 6.07) is 10.8. The van der Waals surface area contributed by atoms with E-state index in [1.165, 1.54) is 6.07 Å². The number of hydrogen-bond acceptors (Lipinski definition) is 2. The molecule has 0 fully saturated rings. The van der Waals surface area contributed by atoms with Crippen LogP contribution in [-0.4, -0.2) is 12.6 Å². The van der Waals surface area contributed by atoms with Crippen molar-refractivity contribution in [2.45, 2.75) is 19.4 Å². The molecule has 20 heavy (non-hydrogen) atoms. The van der Waals surface area contributed by atoms with Crippen LogP contribution in [0.2, 0.25) is 5.02 Å². The van der Waals surface area contributed by atoms with Gasteiger partial charge in [0.2, 0.25) is 0 Å². The number of anilines is 1. The normalized spacial score (nSPS) is 16.6. The molecule has 0 spiro atoms. The molecule has 1 aliphatic rings. The van der Waals surface area contributed by atoms with E-state index in [-0.39, 0.29) is 11.9 Å². The highest BCUT2D eigenvalue weighted by molar-refractivity contribution is 6.30. The molecule has 0 aromatic heterocycles. The first kappa shape index (κ1) is 13.3. The van der Waals surface area contributed by atoms with Crippen LogP contribution in [0.4, 0.5) is 10.1 Å². The van der Waals surface area contributed by atoms with E-state index < -0.39 is 0 Å². The minimum absolute atomic E-state index is 0.0489. The molecular formula is C16H15ClFNO.